The Morgan fingerprint density at radius 1 is 1.26 bits per heavy atom. The molecule has 1 saturated heterocycles. The lowest BCUT2D eigenvalue weighted by Gasteiger charge is -2.45. The molecule has 19 heavy (non-hydrogen) atoms. The minimum Gasteiger partial charge on any atom is -0.449 e. The Labute approximate surface area is 116 Å². The van der Waals surface area contributed by atoms with E-state index in [1.54, 1.807) is 6.08 Å². The Morgan fingerprint density at radius 2 is 2.05 bits per heavy atom. The first kappa shape index (κ1) is 13.0. The SMILES string of the molecule is CC[C@H]1CCCCN1C1=CC(=O)OC12CCCCC2. The molecule has 0 radical (unpaired) electrons. The van der Waals surface area contributed by atoms with E-state index in [1.165, 1.54) is 50.6 Å². The van der Waals surface area contributed by atoms with E-state index in [0.717, 1.165) is 19.4 Å². The van der Waals surface area contributed by atoms with Crippen molar-refractivity contribution in [2.24, 2.45) is 0 Å². The largest absolute Gasteiger partial charge is 0.449 e. The molecule has 2 heterocycles. The van der Waals surface area contributed by atoms with Crippen LogP contribution in [-0.2, 0) is 9.53 Å². The van der Waals surface area contributed by atoms with Gasteiger partial charge in [-0.05, 0) is 51.4 Å². The standard InChI is InChI=1S/C16H25NO2/c1-2-13-8-4-7-11-17(13)14-12-15(18)19-16(14)9-5-3-6-10-16/h12-13H,2-11H2,1H3/t13-/m0/s1. The second kappa shape index (κ2) is 5.18. The number of hydrogen-bond donors (Lipinski definition) is 0. The summed E-state index contributed by atoms with van der Waals surface area (Å²) in [6, 6.07) is 0.605. The van der Waals surface area contributed by atoms with E-state index in [0.29, 0.717) is 6.04 Å². The van der Waals surface area contributed by atoms with Crippen LogP contribution in [0.5, 0.6) is 0 Å². The Morgan fingerprint density at radius 3 is 2.79 bits per heavy atom. The van der Waals surface area contributed by atoms with Crippen LogP contribution in [0.1, 0.15) is 64.7 Å². The summed E-state index contributed by atoms with van der Waals surface area (Å²) in [5.74, 6) is -0.114. The lowest BCUT2D eigenvalue weighted by molar-refractivity contribution is -0.149. The molecule has 1 aliphatic carbocycles. The van der Waals surface area contributed by atoms with Crippen molar-refractivity contribution < 1.29 is 9.53 Å². The Bertz CT molecular complexity index is 382. The second-order valence-corrected chi connectivity index (χ2v) is 6.26. The zero-order chi connectivity index (χ0) is 13.3. The van der Waals surface area contributed by atoms with Gasteiger partial charge in [0.25, 0.3) is 0 Å². The fraction of sp³-hybridized carbons (Fsp3) is 0.812. The van der Waals surface area contributed by atoms with Crippen LogP contribution in [0.25, 0.3) is 0 Å². The molecule has 0 unspecified atom stereocenters. The first-order valence-corrected chi connectivity index (χ1v) is 7.97. The Kier molecular flexibility index (Phi) is 3.55. The van der Waals surface area contributed by atoms with Crippen LogP contribution in [0.3, 0.4) is 0 Å². The van der Waals surface area contributed by atoms with Crippen LogP contribution >= 0.6 is 0 Å². The van der Waals surface area contributed by atoms with Gasteiger partial charge < -0.3 is 9.64 Å². The van der Waals surface area contributed by atoms with Gasteiger partial charge in [-0.2, -0.15) is 0 Å². The van der Waals surface area contributed by atoms with Gasteiger partial charge in [-0.3, -0.25) is 0 Å². The van der Waals surface area contributed by atoms with E-state index in [-0.39, 0.29) is 11.6 Å². The quantitative estimate of drug-likeness (QED) is 0.715. The van der Waals surface area contributed by atoms with E-state index in [9.17, 15) is 4.79 Å². The van der Waals surface area contributed by atoms with Gasteiger partial charge in [-0.1, -0.05) is 13.3 Å². The normalized spacial score (nSPS) is 30.4. The van der Waals surface area contributed by atoms with Gasteiger partial charge in [0.05, 0.1) is 5.70 Å². The summed E-state index contributed by atoms with van der Waals surface area (Å²) in [4.78, 5) is 14.3. The van der Waals surface area contributed by atoms with E-state index in [1.807, 2.05) is 0 Å². The molecule has 1 spiro atoms. The fourth-order valence-corrected chi connectivity index (χ4v) is 4.09. The monoisotopic (exact) mass is 263 g/mol. The first-order valence-electron chi connectivity index (χ1n) is 7.97. The smallest absolute Gasteiger partial charge is 0.333 e. The van der Waals surface area contributed by atoms with Crippen LogP contribution in [0, 0.1) is 0 Å². The van der Waals surface area contributed by atoms with Crippen LogP contribution in [0.15, 0.2) is 11.8 Å². The molecule has 1 atom stereocenters. The highest BCUT2D eigenvalue weighted by molar-refractivity contribution is 5.86. The molecular formula is C16H25NO2. The number of likely N-dealkylation sites (tertiary alicyclic amines) is 1. The maximum absolute atomic E-state index is 11.8. The van der Waals surface area contributed by atoms with Crippen molar-refractivity contribution in [2.75, 3.05) is 6.54 Å². The van der Waals surface area contributed by atoms with Gasteiger partial charge in [0.2, 0.25) is 0 Å². The second-order valence-electron chi connectivity index (χ2n) is 6.26. The fourth-order valence-electron chi connectivity index (χ4n) is 4.09. The molecule has 0 amide bonds. The van der Waals surface area contributed by atoms with Crippen molar-refractivity contribution in [3.63, 3.8) is 0 Å². The van der Waals surface area contributed by atoms with Crippen LogP contribution in [0.4, 0.5) is 0 Å². The summed E-state index contributed by atoms with van der Waals surface area (Å²) < 4.78 is 5.78. The highest BCUT2D eigenvalue weighted by Crippen LogP contribution is 2.44. The number of ether oxygens (including phenoxy) is 1. The molecule has 1 saturated carbocycles. The molecule has 0 N–H and O–H groups in total. The molecule has 0 bridgehead atoms. The Hall–Kier alpha value is -0.990. The zero-order valence-corrected chi connectivity index (χ0v) is 12.0. The summed E-state index contributed by atoms with van der Waals surface area (Å²) in [5.41, 5.74) is 0.948. The minimum atomic E-state index is -0.264. The molecule has 3 nitrogen and oxygen atoms in total. The van der Waals surface area contributed by atoms with Crippen molar-refractivity contribution in [1.82, 2.24) is 4.90 Å². The molecular weight excluding hydrogens is 238 g/mol. The average Bonchev–Trinajstić information content (AvgIpc) is 2.75. The minimum absolute atomic E-state index is 0.114. The maximum atomic E-state index is 11.8. The number of nitrogens with zero attached hydrogens (tertiary/aromatic N) is 1. The number of carbonyl (C=O) groups excluding carboxylic acids is 1. The van der Waals surface area contributed by atoms with Crippen LogP contribution in [-0.4, -0.2) is 29.1 Å². The summed E-state index contributed by atoms with van der Waals surface area (Å²) in [6.45, 7) is 3.36. The predicted octanol–water partition coefficient (Wildman–Crippen LogP) is 3.39. The Balaban J connectivity index is 1.87. The number of esters is 1. The van der Waals surface area contributed by atoms with Crippen molar-refractivity contribution in [2.45, 2.75) is 76.4 Å². The van der Waals surface area contributed by atoms with Gasteiger partial charge in [0, 0.05) is 18.7 Å². The van der Waals surface area contributed by atoms with Gasteiger partial charge in [-0.25, -0.2) is 4.79 Å². The molecule has 0 aromatic rings. The molecule has 2 aliphatic heterocycles. The molecule has 3 aliphatic rings. The average molecular weight is 263 g/mol. The summed E-state index contributed by atoms with van der Waals surface area (Å²) >= 11 is 0. The van der Waals surface area contributed by atoms with Crippen molar-refractivity contribution >= 4 is 5.97 Å². The third kappa shape index (κ3) is 2.28. The zero-order valence-electron chi connectivity index (χ0n) is 12.0. The van der Waals surface area contributed by atoms with E-state index >= 15 is 0 Å². The van der Waals surface area contributed by atoms with Crippen LogP contribution < -0.4 is 0 Å². The van der Waals surface area contributed by atoms with E-state index in [4.69, 9.17) is 4.74 Å². The number of piperidine rings is 1. The molecule has 3 heteroatoms. The number of carbonyl (C=O) groups is 1. The highest BCUT2D eigenvalue weighted by atomic mass is 16.6. The highest BCUT2D eigenvalue weighted by Gasteiger charge is 2.47. The molecule has 0 aromatic heterocycles. The van der Waals surface area contributed by atoms with E-state index < -0.39 is 0 Å². The summed E-state index contributed by atoms with van der Waals surface area (Å²) in [6.07, 6.45) is 12.5. The first-order chi connectivity index (χ1) is 9.25. The molecule has 3 rings (SSSR count). The van der Waals surface area contributed by atoms with Gasteiger partial charge >= 0.3 is 5.97 Å². The van der Waals surface area contributed by atoms with E-state index in [2.05, 4.69) is 11.8 Å². The number of rotatable bonds is 2. The third-order valence-electron chi connectivity index (χ3n) is 5.09. The van der Waals surface area contributed by atoms with Crippen molar-refractivity contribution in [1.29, 1.82) is 0 Å². The van der Waals surface area contributed by atoms with Crippen LogP contribution in [0.2, 0.25) is 0 Å². The van der Waals surface area contributed by atoms with Gasteiger partial charge in [-0.15, -0.1) is 0 Å². The van der Waals surface area contributed by atoms with Gasteiger partial charge in [0.1, 0.15) is 0 Å². The van der Waals surface area contributed by atoms with Crippen molar-refractivity contribution in [3.8, 4) is 0 Å². The predicted molar refractivity (Wildman–Crippen MR) is 74.6 cm³/mol. The lowest BCUT2D eigenvalue weighted by atomic mass is 9.81. The molecule has 2 fully saturated rings. The summed E-state index contributed by atoms with van der Waals surface area (Å²) in [5, 5.41) is 0. The molecule has 106 valence electrons. The lowest BCUT2D eigenvalue weighted by Crippen LogP contribution is -2.47. The third-order valence-corrected chi connectivity index (χ3v) is 5.09. The number of hydrogen-bond acceptors (Lipinski definition) is 3. The maximum Gasteiger partial charge on any atom is 0.333 e. The molecule has 0 aromatic carbocycles. The van der Waals surface area contributed by atoms with Crippen molar-refractivity contribution in [3.05, 3.63) is 11.8 Å². The summed E-state index contributed by atoms with van der Waals surface area (Å²) in [7, 11) is 0. The topological polar surface area (TPSA) is 29.5 Å². The van der Waals surface area contributed by atoms with Gasteiger partial charge in [0.15, 0.2) is 5.60 Å².